The monoisotopic (exact) mass is 777 g/mol. The normalized spacial score (nSPS) is 16.0. The van der Waals surface area contributed by atoms with Crippen molar-refractivity contribution in [2.75, 3.05) is 11.6 Å². The Hall–Kier alpha value is -4.83. The molecule has 2 aliphatic rings. The molecule has 5 nitrogen and oxygen atoms in total. The van der Waals surface area contributed by atoms with Gasteiger partial charge in [0, 0.05) is 11.5 Å². The summed E-state index contributed by atoms with van der Waals surface area (Å²) in [6.07, 6.45) is 6.14. The first-order valence-corrected chi connectivity index (χ1v) is 15.2. The summed E-state index contributed by atoms with van der Waals surface area (Å²) in [5, 5.41) is 9.00. The van der Waals surface area contributed by atoms with E-state index in [0.29, 0.717) is 18.0 Å². The van der Waals surface area contributed by atoms with Gasteiger partial charge in [-0.15, -0.1) is 41.2 Å². The van der Waals surface area contributed by atoms with E-state index in [-0.39, 0.29) is 27.1 Å². The standard InChI is InChI=1S/C40H30N4O.Pt/c1-27-40(31-20-18-30(19-21-31)29-11-4-3-5-12-29)28(2)44(42-27)32-13-10-14-33(25-32)45-34-22-23-36-35-15-6-7-16-37(35)43(38(36)26-34)39-17-8-9-24-41-39;/h3-23,27H,24H2,1-2H3;/q-4;+4. The molecule has 1 atom stereocenters. The van der Waals surface area contributed by atoms with E-state index in [2.05, 4.69) is 115 Å². The summed E-state index contributed by atoms with van der Waals surface area (Å²) in [6.45, 7) is 4.92. The molecule has 3 heterocycles. The summed E-state index contributed by atoms with van der Waals surface area (Å²) in [6, 6.07) is 44.6. The minimum absolute atomic E-state index is 0. The number of aromatic nitrogens is 1. The topological polar surface area (TPSA) is 45.6 Å². The van der Waals surface area contributed by atoms with Crippen molar-refractivity contribution in [2.24, 2.45) is 0 Å². The van der Waals surface area contributed by atoms with Crippen LogP contribution in [0.2, 0.25) is 0 Å². The van der Waals surface area contributed by atoms with Crippen molar-refractivity contribution >= 4 is 38.9 Å². The third kappa shape index (κ3) is 5.36. The molecule has 0 radical (unpaired) electrons. The molecule has 1 unspecified atom stereocenters. The molecular weight excluding hydrogens is 748 g/mol. The fraction of sp³-hybridized carbons (Fsp3) is 0.100. The van der Waals surface area contributed by atoms with Crippen molar-refractivity contribution in [3.05, 3.63) is 162 Å². The minimum atomic E-state index is 0. The molecule has 0 bridgehead atoms. The van der Waals surface area contributed by atoms with Gasteiger partial charge in [0.25, 0.3) is 0 Å². The Balaban J connectivity index is 0.00000338. The van der Waals surface area contributed by atoms with Crippen LogP contribution in [0, 0.1) is 12.1 Å². The summed E-state index contributed by atoms with van der Waals surface area (Å²) in [7, 11) is 0. The Kier molecular flexibility index (Phi) is 8.12. The molecule has 0 spiro atoms. The van der Waals surface area contributed by atoms with E-state index >= 15 is 0 Å². The zero-order chi connectivity index (χ0) is 30.3. The van der Waals surface area contributed by atoms with Gasteiger partial charge in [-0.05, 0) is 46.9 Å². The molecule has 2 aliphatic heterocycles. The molecule has 6 aromatic rings. The van der Waals surface area contributed by atoms with Crippen LogP contribution in [0.15, 0.2) is 133 Å². The quantitative estimate of drug-likeness (QED) is 0.158. The van der Waals surface area contributed by atoms with Crippen molar-refractivity contribution < 1.29 is 25.8 Å². The molecule has 1 aromatic heterocycles. The van der Waals surface area contributed by atoms with E-state index < -0.39 is 0 Å². The Morgan fingerprint density at radius 1 is 0.739 bits per heavy atom. The first-order chi connectivity index (χ1) is 22.1. The van der Waals surface area contributed by atoms with Gasteiger partial charge in [-0.25, -0.2) is 0 Å². The smallest absolute Gasteiger partial charge is 0.559 e. The zero-order valence-electron chi connectivity index (χ0n) is 25.4. The van der Waals surface area contributed by atoms with Crippen LogP contribution in [-0.4, -0.2) is 17.2 Å². The number of fused-ring (bicyclic) bond motifs is 3. The first-order valence-electron chi connectivity index (χ1n) is 15.2. The largest absolute Gasteiger partial charge is 4.00 e. The molecule has 6 heteroatoms. The number of allylic oxidation sites excluding steroid dienone is 3. The van der Waals surface area contributed by atoms with Crippen LogP contribution < -0.4 is 9.75 Å². The van der Waals surface area contributed by atoms with Gasteiger partial charge in [0.15, 0.2) is 0 Å². The first kappa shape index (κ1) is 29.9. The second-order valence-electron chi connectivity index (χ2n) is 11.3. The van der Waals surface area contributed by atoms with Crippen molar-refractivity contribution in [2.45, 2.75) is 19.9 Å². The van der Waals surface area contributed by atoms with Gasteiger partial charge in [0.1, 0.15) is 0 Å². The van der Waals surface area contributed by atoms with Gasteiger partial charge < -0.3 is 25.1 Å². The van der Waals surface area contributed by atoms with E-state index in [1.807, 2.05) is 47.5 Å². The fourth-order valence-electron chi connectivity index (χ4n) is 6.37. The maximum absolute atomic E-state index is 6.38. The number of para-hydroxylation sites is 1. The summed E-state index contributed by atoms with van der Waals surface area (Å²) in [5.41, 5.74) is 13.7. The Labute approximate surface area is 283 Å². The van der Waals surface area contributed by atoms with Crippen molar-refractivity contribution in [1.82, 2.24) is 4.57 Å². The average molecular weight is 778 g/mol. The fourth-order valence-corrected chi connectivity index (χ4v) is 6.37. The summed E-state index contributed by atoms with van der Waals surface area (Å²) in [4.78, 5) is 0. The number of hydrogen-bond donors (Lipinski definition) is 0. The molecule has 46 heavy (non-hydrogen) atoms. The summed E-state index contributed by atoms with van der Waals surface area (Å²) >= 11 is 0. The Bertz CT molecular complexity index is 2140. The van der Waals surface area contributed by atoms with Crippen LogP contribution in [0.4, 0.5) is 5.69 Å². The molecule has 0 N–H and O–H groups in total. The molecule has 0 saturated heterocycles. The number of benzene rings is 5. The van der Waals surface area contributed by atoms with E-state index in [0.717, 1.165) is 39.0 Å². The van der Waals surface area contributed by atoms with Gasteiger partial charge in [-0.3, -0.25) is 0 Å². The van der Waals surface area contributed by atoms with Gasteiger partial charge >= 0.3 is 21.1 Å². The maximum atomic E-state index is 6.38. The summed E-state index contributed by atoms with van der Waals surface area (Å²) < 4.78 is 8.54. The number of ether oxygens (including phenoxy) is 1. The third-order valence-corrected chi connectivity index (χ3v) is 8.44. The predicted molar refractivity (Wildman–Crippen MR) is 185 cm³/mol. The number of rotatable bonds is 6. The molecule has 5 aromatic carbocycles. The van der Waals surface area contributed by atoms with Crippen molar-refractivity contribution in [3.63, 3.8) is 0 Å². The molecule has 0 saturated carbocycles. The molecule has 0 aliphatic carbocycles. The second kappa shape index (κ2) is 12.5. The predicted octanol–water partition coefficient (Wildman–Crippen LogP) is 10.5. The molecule has 0 amide bonds. The average Bonchev–Trinajstić information content (AvgIpc) is 3.58. The van der Waals surface area contributed by atoms with Crippen molar-refractivity contribution in [3.8, 4) is 22.6 Å². The van der Waals surface area contributed by atoms with Crippen LogP contribution >= 0.6 is 0 Å². The summed E-state index contributed by atoms with van der Waals surface area (Å²) in [5.74, 6) is 2.11. The maximum Gasteiger partial charge on any atom is 4.00 e. The molecular formula is C40H30N4OPt. The van der Waals surface area contributed by atoms with Crippen molar-refractivity contribution in [1.29, 1.82) is 0 Å². The van der Waals surface area contributed by atoms with E-state index in [1.54, 1.807) is 0 Å². The SMILES string of the molecule is CC1=C(c2ccc(-c3ccccc3)cc2)C(C)[N-]N1c1[c-]c(Oc2[c-]c3c(cc2)c2ccccc2n3C2=CC=CC[N-]2)ccc1.[Pt+4]. The van der Waals surface area contributed by atoms with Gasteiger partial charge in [-0.1, -0.05) is 127 Å². The zero-order valence-corrected chi connectivity index (χ0v) is 27.7. The molecule has 8 rings (SSSR count). The Morgan fingerprint density at radius 2 is 1.48 bits per heavy atom. The Morgan fingerprint density at radius 3 is 2.28 bits per heavy atom. The van der Waals surface area contributed by atoms with Gasteiger partial charge in [-0.2, -0.15) is 12.1 Å². The van der Waals surface area contributed by atoms with Crippen LogP contribution in [0.1, 0.15) is 19.4 Å². The van der Waals surface area contributed by atoms with Gasteiger partial charge in [0.2, 0.25) is 0 Å². The number of hydrogen-bond acceptors (Lipinski definition) is 2. The molecule has 226 valence electrons. The van der Waals surface area contributed by atoms with E-state index in [9.17, 15) is 0 Å². The minimum Gasteiger partial charge on any atom is -0.559 e. The second-order valence-corrected chi connectivity index (χ2v) is 11.3. The van der Waals surface area contributed by atoms with Gasteiger partial charge in [0.05, 0.1) is 0 Å². The molecule has 0 fully saturated rings. The number of nitrogens with zero attached hydrogens (tertiary/aromatic N) is 4. The van der Waals surface area contributed by atoms with Crippen LogP contribution in [0.3, 0.4) is 0 Å². The van der Waals surface area contributed by atoms with Crippen LogP contribution in [0.5, 0.6) is 11.5 Å². The van der Waals surface area contributed by atoms with Crippen LogP contribution in [-0.2, 0) is 21.1 Å². The van der Waals surface area contributed by atoms with Crippen LogP contribution in [0.25, 0.3) is 55.1 Å². The number of anilines is 1. The van der Waals surface area contributed by atoms with E-state index in [4.69, 9.17) is 15.5 Å². The third-order valence-electron chi connectivity index (χ3n) is 8.44. The van der Waals surface area contributed by atoms with E-state index in [1.165, 1.54) is 22.3 Å².